The molecule has 1 atom stereocenters. The second-order valence-electron chi connectivity index (χ2n) is 7.63. The van der Waals surface area contributed by atoms with Gasteiger partial charge in [-0.2, -0.15) is 8.78 Å². The molecule has 4 nitrogen and oxygen atoms in total. The number of alkyl halides is 2. The van der Waals surface area contributed by atoms with E-state index in [9.17, 15) is 13.6 Å². The average molecular weight is 443 g/mol. The van der Waals surface area contributed by atoms with Crippen molar-refractivity contribution in [1.82, 2.24) is 0 Å². The Hall–Kier alpha value is -4.19. The van der Waals surface area contributed by atoms with Crippen LogP contribution in [0.1, 0.15) is 27.6 Å². The zero-order chi connectivity index (χ0) is 22.9. The second-order valence-corrected chi connectivity index (χ2v) is 7.63. The van der Waals surface area contributed by atoms with Crippen LogP contribution in [0.3, 0.4) is 0 Å². The highest BCUT2D eigenvalue weighted by Gasteiger charge is 2.31. The van der Waals surface area contributed by atoms with Crippen molar-refractivity contribution < 1.29 is 23.0 Å². The summed E-state index contributed by atoms with van der Waals surface area (Å²) in [7, 11) is 0. The maximum absolute atomic E-state index is 13.1. The lowest BCUT2D eigenvalue weighted by molar-refractivity contribution is -0.0496. The summed E-state index contributed by atoms with van der Waals surface area (Å²) in [6, 6.07) is 27.2. The molecule has 2 N–H and O–H groups in total. The number of primary amides is 1. The van der Waals surface area contributed by atoms with Gasteiger partial charge in [-0.05, 0) is 46.5 Å². The number of ether oxygens (including phenoxy) is 2. The molecule has 1 aliphatic rings. The molecule has 0 saturated carbocycles. The Morgan fingerprint density at radius 1 is 0.879 bits per heavy atom. The number of hydrogen-bond donors (Lipinski definition) is 1. The molecule has 0 spiro atoms. The van der Waals surface area contributed by atoms with Gasteiger partial charge in [-0.1, -0.05) is 66.7 Å². The Balaban J connectivity index is 1.74. The predicted octanol–water partition coefficient (Wildman–Crippen LogP) is 6.20. The van der Waals surface area contributed by atoms with E-state index in [1.807, 2.05) is 60.7 Å². The van der Waals surface area contributed by atoms with E-state index in [-0.39, 0.29) is 5.75 Å². The molecule has 33 heavy (non-hydrogen) atoms. The number of fused-ring (bicyclic) bond motifs is 3. The quantitative estimate of drug-likeness (QED) is 0.399. The molecule has 1 aliphatic heterocycles. The lowest BCUT2D eigenvalue weighted by Gasteiger charge is -2.31. The topological polar surface area (TPSA) is 61.6 Å². The van der Waals surface area contributed by atoms with Gasteiger partial charge in [0, 0.05) is 11.1 Å². The van der Waals surface area contributed by atoms with Crippen LogP contribution in [-0.2, 0) is 0 Å². The third kappa shape index (κ3) is 3.80. The number of amides is 1. The summed E-state index contributed by atoms with van der Waals surface area (Å²) >= 11 is 0. The van der Waals surface area contributed by atoms with Crippen LogP contribution < -0.4 is 15.2 Å². The summed E-state index contributed by atoms with van der Waals surface area (Å²) in [5.41, 5.74) is 10.3. The molecule has 0 aliphatic carbocycles. The van der Waals surface area contributed by atoms with Crippen molar-refractivity contribution in [3.05, 3.63) is 108 Å². The minimum Gasteiger partial charge on any atom is -0.480 e. The van der Waals surface area contributed by atoms with Gasteiger partial charge < -0.3 is 15.2 Å². The van der Waals surface area contributed by atoms with Crippen molar-refractivity contribution >= 4 is 5.91 Å². The Morgan fingerprint density at radius 3 is 2.39 bits per heavy atom. The zero-order valence-electron chi connectivity index (χ0n) is 17.4. The van der Waals surface area contributed by atoms with Gasteiger partial charge in [-0.3, -0.25) is 4.79 Å². The van der Waals surface area contributed by atoms with Crippen LogP contribution in [0.5, 0.6) is 11.5 Å². The van der Waals surface area contributed by atoms with Crippen molar-refractivity contribution in [2.45, 2.75) is 12.7 Å². The summed E-state index contributed by atoms with van der Waals surface area (Å²) in [6.45, 7) is -2.96. The Kier molecular flexibility index (Phi) is 5.26. The number of nitrogens with two attached hydrogens (primary N) is 1. The van der Waals surface area contributed by atoms with E-state index in [2.05, 4.69) is 0 Å². The normalized spacial score (nSPS) is 14.2. The second kappa shape index (κ2) is 8.39. The largest absolute Gasteiger partial charge is 0.480 e. The van der Waals surface area contributed by atoms with E-state index in [4.69, 9.17) is 15.2 Å². The van der Waals surface area contributed by atoms with E-state index in [1.165, 1.54) is 6.07 Å². The maximum atomic E-state index is 13.1. The standard InChI is InChI=1S/C27H19F2NO3/c28-27(29)33-23-12-6-11-22-24(23)19-14-13-17(18-9-4-5-10-20(18)26(30)31)15-21(19)25(32-22)16-7-2-1-3-8-16/h1-15,25,27H,(H2,30,31). The Labute approximate surface area is 189 Å². The van der Waals surface area contributed by atoms with E-state index in [0.717, 1.165) is 22.3 Å². The van der Waals surface area contributed by atoms with Gasteiger partial charge in [0.2, 0.25) is 5.91 Å². The number of carbonyl (C=O) groups excluding carboxylic acids is 1. The van der Waals surface area contributed by atoms with Gasteiger partial charge in [-0.15, -0.1) is 0 Å². The van der Waals surface area contributed by atoms with Gasteiger partial charge >= 0.3 is 6.61 Å². The smallest absolute Gasteiger partial charge is 0.387 e. The van der Waals surface area contributed by atoms with Crippen molar-refractivity contribution in [2.24, 2.45) is 5.73 Å². The summed E-state index contributed by atoms with van der Waals surface area (Å²) in [5, 5.41) is 0. The minimum absolute atomic E-state index is 0.0422. The Morgan fingerprint density at radius 2 is 1.64 bits per heavy atom. The van der Waals surface area contributed by atoms with Crippen LogP contribution >= 0.6 is 0 Å². The van der Waals surface area contributed by atoms with E-state index >= 15 is 0 Å². The molecule has 0 aromatic heterocycles. The first-order valence-corrected chi connectivity index (χ1v) is 10.4. The number of benzene rings is 4. The predicted molar refractivity (Wildman–Crippen MR) is 121 cm³/mol. The first kappa shape index (κ1) is 20.7. The van der Waals surface area contributed by atoms with Crippen molar-refractivity contribution in [3.8, 4) is 33.8 Å². The van der Waals surface area contributed by atoms with E-state index in [1.54, 1.807) is 24.3 Å². The monoisotopic (exact) mass is 443 g/mol. The van der Waals surface area contributed by atoms with Gasteiger partial charge in [0.1, 0.15) is 17.6 Å². The molecule has 5 rings (SSSR count). The summed E-state index contributed by atoms with van der Waals surface area (Å²) in [4.78, 5) is 12.0. The van der Waals surface area contributed by atoms with Crippen LogP contribution in [-0.4, -0.2) is 12.5 Å². The van der Waals surface area contributed by atoms with Crippen LogP contribution in [0.2, 0.25) is 0 Å². The van der Waals surface area contributed by atoms with Crippen LogP contribution in [0.4, 0.5) is 8.78 Å². The van der Waals surface area contributed by atoms with Gasteiger partial charge in [0.05, 0.1) is 5.56 Å². The zero-order valence-corrected chi connectivity index (χ0v) is 17.4. The third-order valence-corrected chi connectivity index (χ3v) is 5.66. The molecule has 0 saturated heterocycles. The molecule has 4 aromatic rings. The molecular formula is C27H19F2NO3. The number of rotatable bonds is 5. The molecule has 1 amide bonds. The van der Waals surface area contributed by atoms with E-state index < -0.39 is 18.6 Å². The molecule has 1 heterocycles. The molecule has 164 valence electrons. The van der Waals surface area contributed by atoms with Crippen LogP contribution in [0, 0.1) is 0 Å². The highest BCUT2D eigenvalue weighted by atomic mass is 19.3. The van der Waals surface area contributed by atoms with Crippen molar-refractivity contribution in [2.75, 3.05) is 0 Å². The average Bonchev–Trinajstić information content (AvgIpc) is 2.83. The summed E-state index contributed by atoms with van der Waals surface area (Å²) in [6.07, 6.45) is -0.476. The van der Waals surface area contributed by atoms with E-state index in [0.29, 0.717) is 22.4 Å². The third-order valence-electron chi connectivity index (χ3n) is 5.66. The first-order chi connectivity index (χ1) is 16.0. The maximum Gasteiger partial charge on any atom is 0.387 e. The lowest BCUT2D eigenvalue weighted by atomic mass is 9.86. The Bertz CT molecular complexity index is 1340. The fourth-order valence-electron chi connectivity index (χ4n) is 4.26. The lowest BCUT2D eigenvalue weighted by Crippen LogP contribution is -2.17. The van der Waals surface area contributed by atoms with Gasteiger partial charge in [0.25, 0.3) is 0 Å². The number of halogens is 2. The molecule has 0 fully saturated rings. The SMILES string of the molecule is NC(=O)c1ccccc1-c1ccc2c(c1)C(c1ccccc1)Oc1cccc(OC(F)F)c1-2. The van der Waals surface area contributed by atoms with Crippen LogP contribution in [0.25, 0.3) is 22.3 Å². The van der Waals surface area contributed by atoms with Crippen molar-refractivity contribution in [3.63, 3.8) is 0 Å². The molecular weight excluding hydrogens is 424 g/mol. The van der Waals surface area contributed by atoms with Crippen molar-refractivity contribution in [1.29, 1.82) is 0 Å². The highest BCUT2D eigenvalue weighted by Crippen LogP contribution is 2.50. The molecule has 0 radical (unpaired) electrons. The summed E-state index contributed by atoms with van der Waals surface area (Å²) in [5.74, 6) is -0.0301. The summed E-state index contributed by atoms with van der Waals surface area (Å²) < 4.78 is 37.3. The number of hydrogen-bond acceptors (Lipinski definition) is 3. The minimum atomic E-state index is -2.96. The highest BCUT2D eigenvalue weighted by molar-refractivity contribution is 6.00. The number of carbonyl (C=O) groups is 1. The fraction of sp³-hybridized carbons (Fsp3) is 0.0741. The molecule has 4 aromatic carbocycles. The first-order valence-electron chi connectivity index (χ1n) is 10.4. The molecule has 6 heteroatoms. The molecule has 1 unspecified atom stereocenters. The molecule has 0 bridgehead atoms. The van der Waals surface area contributed by atoms with Gasteiger partial charge in [-0.25, -0.2) is 0 Å². The fourth-order valence-corrected chi connectivity index (χ4v) is 4.26. The van der Waals surface area contributed by atoms with Gasteiger partial charge in [0.15, 0.2) is 0 Å². The van der Waals surface area contributed by atoms with Crippen LogP contribution in [0.15, 0.2) is 91.0 Å².